The highest BCUT2D eigenvalue weighted by molar-refractivity contribution is 5.64. The first-order chi connectivity index (χ1) is 9.99. The SMILES string of the molecule is CC(C)c1ccc(C(C)C)c(Nc2cccccc2=O)c1. The van der Waals surface area contributed by atoms with Crippen molar-refractivity contribution in [2.45, 2.75) is 39.5 Å². The molecule has 0 fully saturated rings. The van der Waals surface area contributed by atoms with Gasteiger partial charge in [-0.05, 0) is 41.2 Å². The lowest BCUT2D eigenvalue weighted by atomic mass is 9.95. The molecule has 0 unspecified atom stereocenters. The van der Waals surface area contributed by atoms with Gasteiger partial charge in [0.25, 0.3) is 0 Å². The van der Waals surface area contributed by atoms with Crippen LogP contribution in [-0.2, 0) is 0 Å². The Morgan fingerprint density at radius 2 is 1.52 bits per heavy atom. The van der Waals surface area contributed by atoms with Gasteiger partial charge in [-0.3, -0.25) is 4.79 Å². The van der Waals surface area contributed by atoms with Crippen LogP contribution in [0.1, 0.15) is 50.7 Å². The summed E-state index contributed by atoms with van der Waals surface area (Å²) in [5.41, 5.74) is 4.15. The lowest BCUT2D eigenvalue weighted by Gasteiger charge is -2.17. The Kier molecular flexibility index (Phi) is 4.79. The van der Waals surface area contributed by atoms with Crippen LogP contribution in [0.25, 0.3) is 0 Å². The minimum atomic E-state index is 0.00431. The van der Waals surface area contributed by atoms with Gasteiger partial charge in [-0.15, -0.1) is 0 Å². The largest absolute Gasteiger partial charge is 0.352 e. The highest BCUT2D eigenvalue weighted by Gasteiger charge is 2.10. The molecular weight excluding hydrogens is 258 g/mol. The number of hydrogen-bond donors (Lipinski definition) is 1. The van der Waals surface area contributed by atoms with Crippen LogP contribution in [0.15, 0.2) is 53.3 Å². The number of anilines is 2. The van der Waals surface area contributed by atoms with Gasteiger partial charge < -0.3 is 5.32 Å². The minimum absolute atomic E-state index is 0.00431. The zero-order valence-electron chi connectivity index (χ0n) is 13.2. The molecule has 2 aromatic rings. The van der Waals surface area contributed by atoms with Crippen LogP contribution < -0.4 is 10.7 Å². The topological polar surface area (TPSA) is 29.1 Å². The first kappa shape index (κ1) is 15.3. The van der Waals surface area contributed by atoms with Gasteiger partial charge in [0.2, 0.25) is 5.43 Å². The molecule has 2 aromatic carbocycles. The van der Waals surface area contributed by atoms with Crippen LogP contribution in [0.2, 0.25) is 0 Å². The minimum Gasteiger partial charge on any atom is -0.352 e. The van der Waals surface area contributed by atoms with E-state index in [4.69, 9.17) is 0 Å². The van der Waals surface area contributed by atoms with E-state index in [0.717, 1.165) is 5.69 Å². The van der Waals surface area contributed by atoms with Gasteiger partial charge in [-0.1, -0.05) is 58.0 Å². The van der Waals surface area contributed by atoms with E-state index in [2.05, 4.69) is 51.2 Å². The Balaban J connectivity index is 2.49. The molecule has 110 valence electrons. The normalized spacial score (nSPS) is 11.0. The van der Waals surface area contributed by atoms with Crippen molar-refractivity contribution < 1.29 is 0 Å². The smallest absolute Gasteiger partial charge is 0.201 e. The second-order valence-electron chi connectivity index (χ2n) is 5.97. The van der Waals surface area contributed by atoms with Crippen molar-refractivity contribution in [1.29, 1.82) is 0 Å². The van der Waals surface area contributed by atoms with Crippen LogP contribution in [0, 0.1) is 0 Å². The summed E-state index contributed by atoms with van der Waals surface area (Å²) in [4.78, 5) is 12.1. The Hall–Kier alpha value is -2.09. The number of benzene rings is 1. The highest BCUT2D eigenvalue weighted by atomic mass is 16.1. The molecule has 0 bridgehead atoms. The van der Waals surface area contributed by atoms with E-state index >= 15 is 0 Å². The molecule has 1 N–H and O–H groups in total. The number of rotatable bonds is 4. The van der Waals surface area contributed by atoms with E-state index in [1.807, 2.05) is 18.2 Å². The molecule has 21 heavy (non-hydrogen) atoms. The van der Waals surface area contributed by atoms with Gasteiger partial charge in [0.05, 0.1) is 5.69 Å². The molecule has 0 amide bonds. The summed E-state index contributed by atoms with van der Waals surface area (Å²) >= 11 is 0. The standard InChI is InChI=1S/C19H23NO/c1-13(2)15-10-11-16(14(3)4)18(12-15)20-17-8-6-5-7-9-19(17)21/h5-14H,1-4H3,(H,20,21). The Morgan fingerprint density at radius 1 is 0.810 bits per heavy atom. The van der Waals surface area contributed by atoms with E-state index in [9.17, 15) is 4.79 Å². The number of nitrogens with one attached hydrogen (secondary N) is 1. The third-order valence-corrected chi connectivity index (χ3v) is 3.63. The molecule has 0 aliphatic rings. The maximum atomic E-state index is 12.1. The van der Waals surface area contributed by atoms with Crippen molar-refractivity contribution >= 4 is 11.4 Å². The Labute approximate surface area is 126 Å². The molecule has 2 heteroatoms. The highest BCUT2D eigenvalue weighted by Crippen LogP contribution is 2.29. The zero-order valence-corrected chi connectivity index (χ0v) is 13.2. The first-order valence-electron chi connectivity index (χ1n) is 7.49. The van der Waals surface area contributed by atoms with Crippen LogP contribution in [0.5, 0.6) is 0 Å². The average molecular weight is 281 g/mol. The predicted octanol–water partition coefficient (Wildman–Crippen LogP) is 5.04. The van der Waals surface area contributed by atoms with Gasteiger partial charge in [-0.25, -0.2) is 0 Å². The van der Waals surface area contributed by atoms with Gasteiger partial charge in [0, 0.05) is 5.69 Å². The summed E-state index contributed by atoms with van der Waals surface area (Å²) in [7, 11) is 0. The molecule has 0 saturated carbocycles. The lowest BCUT2D eigenvalue weighted by molar-refractivity contribution is 0.847. The summed E-state index contributed by atoms with van der Waals surface area (Å²) < 4.78 is 0. The van der Waals surface area contributed by atoms with Crippen molar-refractivity contribution in [1.82, 2.24) is 0 Å². The molecule has 0 heterocycles. The molecule has 0 radical (unpaired) electrons. The number of hydrogen-bond acceptors (Lipinski definition) is 2. The predicted molar refractivity (Wildman–Crippen MR) is 90.6 cm³/mol. The third-order valence-electron chi connectivity index (χ3n) is 3.63. The summed E-state index contributed by atoms with van der Waals surface area (Å²) in [5.74, 6) is 0.867. The lowest BCUT2D eigenvalue weighted by Crippen LogP contribution is -2.06. The second-order valence-corrected chi connectivity index (χ2v) is 5.97. The monoisotopic (exact) mass is 281 g/mol. The van der Waals surface area contributed by atoms with Crippen molar-refractivity contribution in [3.63, 3.8) is 0 Å². The zero-order chi connectivity index (χ0) is 15.4. The molecular formula is C19H23NO. The summed E-state index contributed by atoms with van der Waals surface area (Å²) in [6.07, 6.45) is 0. The van der Waals surface area contributed by atoms with Gasteiger partial charge in [0.15, 0.2) is 0 Å². The van der Waals surface area contributed by atoms with Crippen LogP contribution in [-0.4, -0.2) is 0 Å². The summed E-state index contributed by atoms with van der Waals surface area (Å²) in [5, 5.41) is 3.32. The van der Waals surface area contributed by atoms with Crippen molar-refractivity contribution in [2.24, 2.45) is 0 Å². The fourth-order valence-electron chi connectivity index (χ4n) is 2.32. The fourth-order valence-corrected chi connectivity index (χ4v) is 2.32. The molecule has 2 nitrogen and oxygen atoms in total. The van der Waals surface area contributed by atoms with E-state index in [1.165, 1.54) is 11.1 Å². The van der Waals surface area contributed by atoms with Crippen LogP contribution in [0.4, 0.5) is 11.4 Å². The van der Waals surface area contributed by atoms with E-state index in [1.54, 1.807) is 12.1 Å². The van der Waals surface area contributed by atoms with Crippen molar-refractivity contribution in [3.05, 3.63) is 69.9 Å². The van der Waals surface area contributed by atoms with E-state index in [0.29, 0.717) is 17.5 Å². The molecule has 0 saturated heterocycles. The first-order valence-corrected chi connectivity index (χ1v) is 7.49. The maximum absolute atomic E-state index is 12.1. The van der Waals surface area contributed by atoms with Gasteiger partial charge in [-0.2, -0.15) is 0 Å². The quantitative estimate of drug-likeness (QED) is 0.851. The fraction of sp³-hybridized carbons (Fsp3) is 0.316. The Morgan fingerprint density at radius 3 is 2.19 bits per heavy atom. The van der Waals surface area contributed by atoms with Crippen LogP contribution >= 0.6 is 0 Å². The maximum Gasteiger partial charge on any atom is 0.201 e. The van der Waals surface area contributed by atoms with Crippen LogP contribution in [0.3, 0.4) is 0 Å². The second kappa shape index (κ2) is 6.57. The molecule has 0 aromatic heterocycles. The summed E-state index contributed by atoms with van der Waals surface area (Å²) in [6.45, 7) is 8.68. The van der Waals surface area contributed by atoms with Gasteiger partial charge >= 0.3 is 0 Å². The van der Waals surface area contributed by atoms with Crippen molar-refractivity contribution in [2.75, 3.05) is 5.32 Å². The van der Waals surface area contributed by atoms with E-state index in [-0.39, 0.29) is 5.43 Å². The van der Waals surface area contributed by atoms with E-state index < -0.39 is 0 Å². The molecule has 2 rings (SSSR count). The molecule has 0 atom stereocenters. The van der Waals surface area contributed by atoms with Gasteiger partial charge in [0.1, 0.15) is 0 Å². The molecule has 0 spiro atoms. The van der Waals surface area contributed by atoms with Crippen molar-refractivity contribution in [3.8, 4) is 0 Å². The third kappa shape index (κ3) is 3.72. The average Bonchev–Trinajstić information content (AvgIpc) is 2.64. The Bertz CT molecular complexity index is 674. The molecule has 0 aliphatic heterocycles. The molecule has 0 aliphatic carbocycles. The summed E-state index contributed by atoms with van der Waals surface area (Å²) in [6, 6.07) is 15.4.